The second-order valence-corrected chi connectivity index (χ2v) is 4.25. The molecule has 1 aromatic heterocycles. The van der Waals surface area contributed by atoms with E-state index in [0.29, 0.717) is 0 Å². The highest BCUT2D eigenvalue weighted by atomic mass is 16.5. The smallest absolute Gasteiger partial charge is 0.179 e. The summed E-state index contributed by atoms with van der Waals surface area (Å²) < 4.78 is 5.33. The summed E-state index contributed by atoms with van der Waals surface area (Å²) >= 11 is 0. The van der Waals surface area contributed by atoms with Crippen LogP contribution in [0, 0.1) is 0 Å². The summed E-state index contributed by atoms with van der Waals surface area (Å²) in [6, 6.07) is 6.04. The van der Waals surface area contributed by atoms with Gasteiger partial charge in [0.2, 0.25) is 0 Å². The van der Waals surface area contributed by atoms with Gasteiger partial charge in [0.15, 0.2) is 7.28 Å². The minimum Gasteiger partial charge on any atom is -0.394 e. The van der Waals surface area contributed by atoms with Crippen molar-refractivity contribution in [3.63, 3.8) is 0 Å². The summed E-state index contributed by atoms with van der Waals surface area (Å²) in [6.45, 7) is 5.41. The molecule has 1 saturated heterocycles. The third-order valence-corrected chi connectivity index (χ3v) is 3.19. The fourth-order valence-electron chi connectivity index (χ4n) is 2.17. The van der Waals surface area contributed by atoms with E-state index in [1.165, 1.54) is 0 Å². The maximum absolute atomic E-state index is 9.57. The Morgan fingerprint density at radius 1 is 1.47 bits per heavy atom. The molecule has 1 aliphatic rings. The zero-order valence-electron chi connectivity index (χ0n) is 10.3. The van der Waals surface area contributed by atoms with Crippen LogP contribution in [0.4, 0.5) is 0 Å². The van der Waals surface area contributed by atoms with Gasteiger partial charge in [0.1, 0.15) is 0 Å². The first-order chi connectivity index (χ1) is 8.35. The highest BCUT2D eigenvalue weighted by Crippen LogP contribution is 2.18. The van der Waals surface area contributed by atoms with Crippen LogP contribution in [0.25, 0.3) is 0 Å². The molecule has 92 valence electrons. The molecule has 0 saturated carbocycles. The molecule has 17 heavy (non-hydrogen) atoms. The molecule has 1 fully saturated rings. The second kappa shape index (κ2) is 6.14. The topological polar surface area (TPSA) is 45.6 Å². The molecule has 2 rings (SSSR count). The summed E-state index contributed by atoms with van der Waals surface area (Å²) in [4.78, 5) is 6.84. The minimum absolute atomic E-state index is 0.00500. The summed E-state index contributed by atoms with van der Waals surface area (Å²) in [5.74, 6) is 0. The van der Waals surface area contributed by atoms with E-state index in [9.17, 15) is 5.11 Å². The Labute approximate surface area is 103 Å². The lowest BCUT2D eigenvalue weighted by Crippen LogP contribution is -2.41. The molecule has 1 aromatic rings. The van der Waals surface area contributed by atoms with Gasteiger partial charge in [-0.2, -0.15) is 0 Å². The molecule has 0 aliphatic carbocycles. The number of aliphatic hydroxyl groups excluding tert-OH is 1. The molecule has 1 unspecified atom stereocenters. The molecule has 0 spiro atoms. The molecule has 1 N–H and O–H groups in total. The van der Waals surface area contributed by atoms with Gasteiger partial charge < -0.3 is 9.84 Å². The lowest BCUT2D eigenvalue weighted by atomic mass is 9.77. The number of aromatic nitrogens is 1. The van der Waals surface area contributed by atoms with Crippen molar-refractivity contribution in [1.82, 2.24) is 9.88 Å². The minimum atomic E-state index is 0.00500. The van der Waals surface area contributed by atoms with Gasteiger partial charge in [0.25, 0.3) is 0 Å². The number of pyridine rings is 1. The Morgan fingerprint density at radius 2 is 2.24 bits per heavy atom. The number of hydrogen-bond acceptors (Lipinski definition) is 4. The third kappa shape index (κ3) is 3.06. The Hall–Kier alpha value is -0.905. The highest BCUT2D eigenvalue weighted by Gasteiger charge is 2.22. The van der Waals surface area contributed by atoms with Crippen LogP contribution < -0.4 is 5.59 Å². The number of ether oxygens (including phenoxy) is 1. The largest absolute Gasteiger partial charge is 0.394 e. The van der Waals surface area contributed by atoms with Crippen LogP contribution in [-0.4, -0.2) is 55.2 Å². The number of hydrogen-bond donors (Lipinski definition) is 1. The Balaban J connectivity index is 2.15. The molecule has 0 radical (unpaired) electrons. The van der Waals surface area contributed by atoms with E-state index >= 15 is 0 Å². The van der Waals surface area contributed by atoms with Crippen LogP contribution in [0.3, 0.4) is 0 Å². The zero-order chi connectivity index (χ0) is 12.1. The predicted octanol–water partition coefficient (Wildman–Crippen LogP) is -0.443. The number of aliphatic hydroxyl groups is 1. The van der Waals surface area contributed by atoms with Crippen molar-refractivity contribution in [1.29, 1.82) is 0 Å². The van der Waals surface area contributed by atoms with Gasteiger partial charge >= 0.3 is 0 Å². The summed E-state index contributed by atoms with van der Waals surface area (Å²) in [5.41, 5.74) is 2.04. The van der Waals surface area contributed by atoms with Crippen LogP contribution in [0.15, 0.2) is 18.2 Å². The molecule has 0 aromatic carbocycles. The average molecular weight is 234 g/mol. The van der Waals surface area contributed by atoms with Crippen molar-refractivity contribution < 1.29 is 9.84 Å². The van der Waals surface area contributed by atoms with Gasteiger partial charge in [-0.25, -0.2) is 0 Å². The molecule has 1 atom stereocenters. The van der Waals surface area contributed by atoms with Crippen LogP contribution in [-0.2, 0) is 4.74 Å². The van der Waals surface area contributed by atoms with E-state index in [0.717, 1.165) is 44.9 Å². The van der Waals surface area contributed by atoms with Crippen LogP contribution in [0.1, 0.15) is 11.7 Å². The lowest BCUT2D eigenvalue weighted by Gasteiger charge is -2.33. The Bertz CT molecular complexity index is 356. The van der Waals surface area contributed by atoms with Gasteiger partial charge in [-0.15, -0.1) is 0 Å². The predicted molar refractivity (Wildman–Crippen MR) is 69.1 cm³/mol. The van der Waals surface area contributed by atoms with Gasteiger partial charge in [-0.3, -0.25) is 9.88 Å². The van der Waals surface area contributed by atoms with Crippen LogP contribution in [0.5, 0.6) is 0 Å². The van der Waals surface area contributed by atoms with Gasteiger partial charge in [-0.05, 0) is 11.7 Å². The van der Waals surface area contributed by atoms with Crippen LogP contribution >= 0.6 is 0 Å². The maximum atomic E-state index is 9.57. The van der Waals surface area contributed by atoms with E-state index in [4.69, 9.17) is 4.74 Å². The monoisotopic (exact) mass is 234 g/mol. The molecule has 0 amide bonds. The first kappa shape index (κ1) is 12.5. The van der Waals surface area contributed by atoms with Crippen molar-refractivity contribution in [2.75, 3.05) is 32.9 Å². The standard InChI is InChI=1S/C12H19BN2O2/c1-13-12-4-2-3-10(14-12)11(9-16)15-5-7-17-8-6-15/h2-4,11,13,16H,5-9H2,1H3. The van der Waals surface area contributed by atoms with Gasteiger partial charge in [-0.1, -0.05) is 19.0 Å². The van der Waals surface area contributed by atoms with Crippen LogP contribution in [0.2, 0.25) is 6.82 Å². The molecular formula is C12H19BN2O2. The normalized spacial score (nSPS) is 18.9. The average Bonchev–Trinajstić information content (AvgIpc) is 2.41. The SMILES string of the molecule is CBc1cccc(C(CO)N2CCOCC2)n1. The second-order valence-electron chi connectivity index (χ2n) is 4.25. The Morgan fingerprint density at radius 3 is 2.88 bits per heavy atom. The number of nitrogens with zero attached hydrogens (tertiary/aromatic N) is 2. The number of rotatable bonds is 4. The zero-order valence-corrected chi connectivity index (χ0v) is 10.3. The van der Waals surface area contributed by atoms with E-state index in [-0.39, 0.29) is 12.6 Å². The van der Waals surface area contributed by atoms with Crippen molar-refractivity contribution >= 4 is 12.9 Å². The van der Waals surface area contributed by atoms with Gasteiger partial charge in [0.05, 0.1) is 31.6 Å². The fourth-order valence-corrected chi connectivity index (χ4v) is 2.17. The highest BCUT2D eigenvalue weighted by molar-refractivity contribution is 6.50. The molecular weight excluding hydrogens is 215 g/mol. The molecule has 0 bridgehead atoms. The third-order valence-electron chi connectivity index (χ3n) is 3.19. The molecule has 2 heterocycles. The summed E-state index contributed by atoms with van der Waals surface area (Å²) in [5, 5.41) is 9.57. The summed E-state index contributed by atoms with van der Waals surface area (Å²) in [7, 11) is 0.926. The lowest BCUT2D eigenvalue weighted by molar-refractivity contribution is 0.00159. The summed E-state index contributed by atoms with van der Waals surface area (Å²) in [6.07, 6.45) is 0. The van der Waals surface area contributed by atoms with Crippen molar-refractivity contribution in [3.8, 4) is 0 Å². The van der Waals surface area contributed by atoms with E-state index in [1.807, 2.05) is 18.2 Å². The maximum Gasteiger partial charge on any atom is 0.179 e. The van der Waals surface area contributed by atoms with E-state index < -0.39 is 0 Å². The molecule has 1 aliphatic heterocycles. The quantitative estimate of drug-likeness (QED) is 0.717. The van der Waals surface area contributed by atoms with Gasteiger partial charge in [0, 0.05) is 13.1 Å². The number of morpholine rings is 1. The fraction of sp³-hybridized carbons (Fsp3) is 0.583. The van der Waals surface area contributed by atoms with E-state index in [1.54, 1.807) is 0 Å². The Kier molecular flexibility index (Phi) is 4.53. The molecule has 5 heteroatoms. The van der Waals surface area contributed by atoms with Crippen molar-refractivity contribution in [2.24, 2.45) is 0 Å². The van der Waals surface area contributed by atoms with Crippen molar-refractivity contribution in [3.05, 3.63) is 23.9 Å². The first-order valence-corrected chi connectivity index (χ1v) is 6.23. The van der Waals surface area contributed by atoms with E-state index in [2.05, 4.69) is 16.7 Å². The first-order valence-electron chi connectivity index (χ1n) is 6.23. The molecule has 4 nitrogen and oxygen atoms in total. The van der Waals surface area contributed by atoms with Crippen molar-refractivity contribution in [2.45, 2.75) is 12.9 Å².